The van der Waals surface area contributed by atoms with Gasteiger partial charge < -0.3 is 14.2 Å². The van der Waals surface area contributed by atoms with E-state index in [9.17, 15) is 13.2 Å². The molecule has 0 N–H and O–H groups in total. The number of anilines is 1. The van der Waals surface area contributed by atoms with Gasteiger partial charge in [0.2, 0.25) is 10.0 Å². The van der Waals surface area contributed by atoms with Crippen molar-refractivity contribution in [1.29, 1.82) is 0 Å². The summed E-state index contributed by atoms with van der Waals surface area (Å²) in [6, 6.07) is 13.1. The third kappa shape index (κ3) is 5.04. The van der Waals surface area contributed by atoms with Gasteiger partial charge in [0.1, 0.15) is 29.8 Å². The number of rotatable bonds is 6. The number of ether oxygens (including phenoxy) is 1. The maximum absolute atomic E-state index is 15.5. The van der Waals surface area contributed by atoms with E-state index in [0.717, 1.165) is 12.0 Å². The Morgan fingerprint density at radius 1 is 1.08 bits per heavy atom. The van der Waals surface area contributed by atoms with Crippen LogP contribution in [0.15, 0.2) is 61.2 Å². The Bertz CT molecular complexity index is 1370. The highest BCUT2D eigenvalue weighted by atomic mass is 32.2. The highest BCUT2D eigenvalue weighted by Gasteiger charge is 2.41. The number of hydrogen-bond donors (Lipinski definition) is 0. The highest BCUT2D eigenvalue weighted by molar-refractivity contribution is 7.89. The van der Waals surface area contributed by atoms with Crippen molar-refractivity contribution in [2.45, 2.75) is 62.5 Å². The Labute approximate surface area is 222 Å². The third-order valence-corrected chi connectivity index (χ3v) is 10.2. The maximum Gasteiger partial charge on any atom is 0.328 e. The lowest BCUT2D eigenvalue weighted by Gasteiger charge is -2.40. The number of methoxy groups -OCH3 is 1. The van der Waals surface area contributed by atoms with Crippen LogP contribution in [-0.4, -0.2) is 59.2 Å². The van der Waals surface area contributed by atoms with Crippen molar-refractivity contribution < 1.29 is 22.3 Å². The summed E-state index contributed by atoms with van der Waals surface area (Å²) in [4.78, 5) is 14.5. The van der Waals surface area contributed by atoms with Crippen LogP contribution in [0.4, 0.5) is 10.1 Å². The van der Waals surface area contributed by atoms with Gasteiger partial charge in [-0.3, -0.25) is 0 Å². The lowest BCUT2D eigenvalue weighted by Crippen LogP contribution is -2.48. The van der Waals surface area contributed by atoms with E-state index in [4.69, 9.17) is 4.74 Å². The molecule has 2 saturated heterocycles. The SMILES string of the molecule is COC(=O)[C@@H]1C[C@@H](n2cnnc2)CCN1c1ccc(CN2C(C)CCC(c3ccccc3)S2(=O)=O)c(F)c1. The summed E-state index contributed by atoms with van der Waals surface area (Å²) in [5.41, 5.74) is 1.61. The Balaban J connectivity index is 1.37. The third-order valence-electron chi connectivity index (χ3n) is 7.80. The minimum absolute atomic E-state index is 0.0258. The van der Waals surface area contributed by atoms with E-state index >= 15 is 4.39 Å². The molecule has 2 aliphatic rings. The summed E-state index contributed by atoms with van der Waals surface area (Å²) < 4.78 is 51.0. The summed E-state index contributed by atoms with van der Waals surface area (Å²) >= 11 is 0. The van der Waals surface area contributed by atoms with E-state index in [1.165, 1.54) is 17.5 Å². The molecule has 1 aromatic heterocycles. The van der Waals surface area contributed by atoms with Crippen molar-refractivity contribution in [1.82, 2.24) is 19.1 Å². The number of hydrogen-bond acceptors (Lipinski definition) is 7. The van der Waals surface area contributed by atoms with E-state index in [2.05, 4.69) is 10.2 Å². The second-order valence-corrected chi connectivity index (χ2v) is 12.1. The molecule has 3 heterocycles. The summed E-state index contributed by atoms with van der Waals surface area (Å²) in [6.45, 7) is 2.33. The first-order valence-corrected chi connectivity index (χ1v) is 14.3. The van der Waals surface area contributed by atoms with Gasteiger partial charge in [0.15, 0.2) is 0 Å². The number of halogens is 1. The van der Waals surface area contributed by atoms with Crippen LogP contribution in [0.5, 0.6) is 0 Å². The average Bonchev–Trinajstić information content (AvgIpc) is 3.46. The number of benzene rings is 2. The van der Waals surface area contributed by atoms with Gasteiger partial charge in [-0.05, 0) is 50.3 Å². The number of piperidine rings is 1. The number of aromatic nitrogens is 3. The normalized spacial score (nSPS) is 25.7. The predicted octanol–water partition coefficient (Wildman–Crippen LogP) is 3.86. The average molecular weight is 542 g/mol. The van der Waals surface area contributed by atoms with Crippen LogP contribution in [-0.2, 0) is 26.1 Å². The van der Waals surface area contributed by atoms with Crippen molar-refractivity contribution in [3.63, 3.8) is 0 Å². The first kappa shape index (κ1) is 26.3. The van der Waals surface area contributed by atoms with Gasteiger partial charge in [0.25, 0.3) is 0 Å². The zero-order valence-electron chi connectivity index (χ0n) is 21.5. The van der Waals surface area contributed by atoms with Crippen molar-refractivity contribution in [3.8, 4) is 0 Å². The largest absolute Gasteiger partial charge is 0.467 e. The lowest BCUT2D eigenvalue weighted by molar-refractivity contribution is -0.143. The number of carbonyl (C=O) groups is 1. The molecule has 38 heavy (non-hydrogen) atoms. The molecule has 2 unspecified atom stereocenters. The molecule has 0 radical (unpaired) electrons. The number of sulfonamides is 1. The topological polar surface area (TPSA) is 97.6 Å². The number of carbonyl (C=O) groups excluding carboxylic acids is 1. The van der Waals surface area contributed by atoms with Gasteiger partial charge in [-0.1, -0.05) is 36.4 Å². The fourth-order valence-electron chi connectivity index (χ4n) is 5.65. The fraction of sp³-hybridized carbons (Fsp3) is 0.444. The van der Waals surface area contributed by atoms with Gasteiger partial charge in [-0.2, -0.15) is 4.31 Å². The van der Waals surface area contributed by atoms with E-state index in [0.29, 0.717) is 37.1 Å². The Hall–Kier alpha value is -3.31. The molecule has 202 valence electrons. The van der Waals surface area contributed by atoms with Gasteiger partial charge in [0, 0.05) is 36.4 Å². The van der Waals surface area contributed by atoms with Crippen LogP contribution < -0.4 is 4.90 Å². The molecular formula is C27H32FN5O4S. The van der Waals surface area contributed by atoms with Crippen LogP contribution in [0.3, 0.4) is 0 Å². The minimum Gasteiger partial charge on any atom is -0.467 e. The first-order chi connectivity index (χ1) is 18.3. The van der Waals surface area contributed by atoms with Crippen LogP contribution in [0, 0.1) is 5.82 Å². The van der Waals surface area contributed by atoms with E-state index in [1.807, 2.05) is 46.7 Å². The molecule has 0 bridgehead atoms. The maximum atomic E-state index is 15.5. The van der Waals surface area contributed by atoms with Crippen LogP contribution >= 0.6 is 0 Å². The van der Waals surface area contributed by atoms with E-state index in [-0.39, 0.29) is 18.6 Å². The molecule has 2 aliphatic heterocycles. The molecule has 2 fully saturated rings. The molecule has 0 amide bonds. The van der Waals surface area contributed by atoms with Crippen molar-refractivity contribution in [3.05, 3.63) is 78.1 Å². The Morgan fingerprint density at radius 2 is 1.82 bits per heavy atom. The quantitative estimate of drug-likeness (QED) is 0.437. The summed E-state index contributed by atoms with van der Waals surface area (Å²) in [5, 5.41) is 7.07. The van der Waals surface area contributed by atoms with Crippen molar-refractivity contribution >= 4 is 21.7 Å². The zero-order valence-corrected chi connectivity index (χ0v) is 22.3. The van der Waals surface area contributed by atoms with Gasteiger partial charge in [-0.25, -0.2) is 17.6 Å². The Kier molecular flexibility index (Phi) is 7.49. The molecule has 5 rings (SSSR count). The second-order valence-electron chi connectivity index (χ2n) is 10.0. The monoisotopic (exact) mass is 541 g/mol. The zero-order chi connectivity index (χ0) is 26.9. The number of nitrogens with zero attached hydrogens (tertiary/aromatic N) is 5. The fourth-order valence-corrected chi connectivity index (χ4v) is 7.83. The molecular weight excluding hydrogens is 509 g/mol. The predicted molar refractivity (Wildman–Crippen MR) is 140 cm³/mol. The summed E-state index contributed by atoms with van der Waals surface area (Å²) in [5.74, 6) is -0.899. The van der Waals surface area contributed by atoms with Crippen molar-refractivity contribution in [2.24, 2.45) is 0 Å². The van der Waals surface area contributed by atoms with E-state index in [1.54, 1.807) is 24.8 Å². The lowest BCUT2D eigenvalue weighted by atomic mass is 9.96. The van der Waals surface area contributed by atoms with Gasteiger partial charge in [0.05, 0.1) is 7.11 Å². The second kappa shape index (κ2) is 10.8. The molecule has 0 aliphatic carbocycles. The Morgan fingerprint density at radius 3 is 2.50 bits per heavy atom. The highest BCUT2D eigenvalue weighted by Crippen LogP contribution is 2.39. The molecule has 2 aromatic carbocycles. The van der Waals surface area contributed by atoms with Gasteiger partial charge in [-0.15, -0.1) is 10.2 Å². The summed E-state index contributed by atoms with van der Waals surface area (Å²) in [6.07, 6.45) is 5.67. The smallest absolute Gasteiger partial charge is 0.328 e. The molecule has 4 atom stereocenters. The number of esters is 1. The molecule has 0 saturated carbocycles. The first-order valence-electron chi connectivity index (χ1n) is 12.8. The van der Waals surface area contributed by atoms with Crippen molar-refractivity contribution in [2.75, 3.05) is 18.6 Å². The van der Waals surface area contributed by atoms with E-state index < -0.39 is 33.1 Å². The molecule has 11 heteroatoms. The van der Waals surface area contributed by atoms with Gasteiger partial charge >= 0.3 is 5.97 Å². The molecule has 9 nitrogen and oxygen atoms in total. The standard InChI is InChI=1S/C27H32FN5O4S/c1-19-8-11-26(20-6-4-3-5-7-20)38(35,36)33(19)16-21-9-10-23(14-24(21)28)32-13-12-22(31-17-29-30-18-31)15-25(32)27(34)37-2/h3-7,9-10,14,17-19,22,25-26H,8,11-13,15-16H2,1-2H3/t19?,22-,25-,26?/m0/s1. The molecule has 0 spiro atoms. The van der Waals surface area contributed by atoms with Crippen LogP contribution in [0.1, 0.15) is 55.0 Å². The van der Waals surface area contributed by atoms with Crippen LogP contribution in [0.25, 0.3) is 0 Å². The minimum atomic E-state index is -3.68. The molecule has 3 aromatic rings. The summed E-state index contributed by atoms with van der Waals surface area (Å²) in [7, 11) is -2.34. The van der Waals surface area contributed by atoms with Crippen LogP contribution in [0.2, 0.25) is 0 Å².